The van der Waals surface area contributed by atoms with Gasteiger partial charge in [0.2, 0.25) is 0 Å². The van der Waals surface area contributed by atoms with E-state index in [1.807, 2.05) is 50.2 Å². The van der Waals surface area contributed by atoms with E-state index in [9.17, 15) is 4.79 Å². The van der Waals surface area contributed by atoms with Gasteiger partial charge >= 0.3 is 0 Å². The lowest BCUT2D eigenvalue weighted by Gasteiger charge is -2.24. The topological polar surface area (TPSA) is 71.3 Å². The average Bonchev–Trinajstić information content (AvgIpc) is 3.21. The Hall–Kier alpha value is -3.15. The van der Waals surface area contributed by atoms with E-state index in [1.165, 1.54) is 6.26 Å². The van der Waals surface area contributed by atoms with Crippen LogP contribution < -0.4 is 5.32 Å². The molecule has 6 nitrogen and oxygen atoms in total. The number of benzene rings is 1. The van der Waals surface area contributed by atoms with Gasteiger partial charge in [-0.15, -0.1) is 0 Å². The van der Waals surface area contributed by atoms with Gasteiger partial charge in [-0.3, -0.25) is 9.78 Å². The van der Waals surface area contributed by atoms with Crippen LogP contribution in [-0.2, 0) is 6.54 Å². The summed E-state index contributed by atoms with van der Waals surface area (Å²) in [4.78, 5) is 18.9. The number of nitrogens with zero attached hydrogens (tertiary/aromatic N) is 3. The van der Waals surface area contributed by atoms with Gasteiger partial charge in [0.1, 0.15) is 12.0 Å². The molecule has 0 aliphatic carbocycles. The maximum atomic E-state index is 13.0. The predicted octanol–water partition coefficient (Wildman–Crippen LogP) is 3.82. The molecule has 0 bridgehead atoms. The number of hydrogen-bond acceptors (Lipinski definition) is 5. The van der Waals surface area contributed by atoms with Crippen LogP contribution in [0.2, 0.25) is 0 Å². The third-order valence-electron chi connectivity index (χ3n) is 4.54. The number of rotatable bonds is 6. The predicted molar refractivity (Wildman–Crippen MR) is 99.8 cm³/mol. The highest BCUT2D eigenvalue weighted by atomic mass is 16.5. The second-order valence-electron chi connectivity index (χ2n) is 6.17. The van der Waals surface area contributed by atoms with Crippen molar-refractivity contribution in [3.63, 3.8) is 0 Å². The molecule has 1 amide bonds. The molecule has 3 aromatic rings. The van der Waals surface area contributed by atoms with Crippen LogP contribution in [0.4, 0.5) is 5.69 Å². The number of amides is 1. The van der Waals surface area contributed by atoms with Gasteiger partial charge in [-0.1, -0.05) is 17.3 Å². The van der Waals surface area contributed by atoms with Crippen LogP contribution in [-0.4, -0.2) is 28.0 Å². The van der Waals surface area contributed by atoms with Gasteiger partial charge in [0.15, 0.2) is 0 Å². The molecule has 1 unspecified atom stereocenters. The summed E-state index contributed by atoms with van der Waals surface area (Å²) in [6.45, 7) is 4.47. The lowest BCUT2D eigenvalue weighted by Crippen LogP contribution is -2.30. The Morgan fingerprint density at radius 1 is 1.23 bits per heavy atom. The first-order valence-corrected chi connectivity index (χ1v) is 8.48. The molecule has 0 aliphatic rings. The van der Waals surface area contributed by atoms with Crippen LogP contribution in [0.1, 0.15) is 40.3 Å². The minimum atomic E-state index is -0.175. The lowest BCUT2D eigenvalue weighted by atomic mass is 10.0. The molecule has 3 rings (SSSR count). The van der Waals surface area contributed by atoms with Gasteiger partial charge in [-0.05, 0) is 43.7 Å². The standard InChI is InChI=1S/C20H22N4O2/c1-14-17(20(25)24(3)15(2)19-10-12-26-23-19)8-6-9-18(14)22-13-16-7-4-5-11-21-16/h4-12,15,22H,13H2,1-3H3. The Labute approximate surface area is 152 Å². The quantitative estimate of drug-likeness (QED) is 0.732. The van der Waals surface area contributed by atoms with Gasteiger partial charge in [0.05, 0.1) is 18.3 Å². The number of aromatic nitrogens is 2. The molecule has 2 heterocycles. The van der Waals surface area contributed by atoms with E-state index in [0.29, 0.717) is 12.1 Å². The molecule has 1 atom stereocenters. The highest BCUT2D eigenvalue weighted by Gasteiger charge is 2.22. The van der Waals surface area contributed by atoms with Crippen LogP contribution in [0, 0.1) is 6.92 Å². The molecule has 0 fully saturated rings. The largest absolute Gasteiger partial charge is 0.379 e. The molecule has 134 valence electrons. The molecule has 0 radical (unpaired) electrons. The minimum Gasteiger partial charge on any atom is -0.379 e. The third-order valence-corrected chi connectivity index (χ3v) is 4.54. The Morgan fingerprint density at radius 2 is 2.08 bits per heavy atom. The zero-order chi connectivity index (χ0) is 18.5. The van der Waals surface area contributed by atoms with Crippen molar-refractivity contribution in [3.8, 4) is 0 Å². The van der Waals surface area contributed by atoms with E-state index >= 15 is 0 Å². The van der Waals surface area contributed by atoms with E-state index < -0.39 is 0 Å². The fraction of sp³-hybridized carbons (Fsp3) is 0.250. The first-order chi connectivity index (χ1) is 12.6. The minimum absolute atomic E-state index is 0.0560. The molecule has 26 heavy (non-hydrogen) atoms. The molecule has 0 saturated heterocycles. The van der Waals surface area contributed by atoms with Crippen molar-refractivity contribution in [3.05, 3.63) is 77.4 Å². The summed E-state index contributed by atoms with van der Waals surface area (Å²) in [5.74, 6) is -0.0560. The Kier molecular flexibility index (Phi) is 5.31. The van der Waals surface area contributed by atoms with Gasteiger partial charge in [0.25, 0.3) is 5.91 Å². The zero-order valence-corrected chi connectivity index (χ0v) is 15.1. The molecular weight excluding hydrogens is 328 g/mol. The Balaban J connectivity index is 1.76. The van der Waals surface area contributed by atoms with Crippen molar-refractivity contribution in [2.24, 2.45) is 0 Å². The van der Waals surface area contributed by atoms with E-state index in [0.717, 1.165) is 22.6 Å². The van der Waals surface area contributed by atoms with Gasteiger partial charge in [-0.25, -0.2) is 0 Å². The fourth-order valence-electron chi connectivity index (χ4n) is 2.75. The number of carbonyl (C=O) groups is 1. The Morgan fingerprint density at radius 3 is 2.77 bits per heavy atom. The van der Waals surface area contributed by atoms with Gasteiger partial charge in [-0.2, -0.15) is 0 Å². The van der Waals surface area contributed by atoms with E-state index in [4.69, 9.17) is 4.52 Å². The molecule has 0 spiro atoms. The summed E-state index contributed by atoms with van der Waals surface area (Å²) in [5.41, 5.74) is 4.16. The maximum Gasteiger partial charge on any atom is 0.254 e. The van der Waals surface area contributed by atoms with Crippen molar-refractivity contribution in [1.82, 2.24) is 15.0 Å². The molecular formula is C20H22N4O2. The normalized spacial score (nSPS) is 11.8. The van der Waals surface area contributed by atoms with Crippen molar-refractivity contribution < 1.29 is 9.32 Å². The summed E-state index contributed by atoms with van der Waals surface area (Å²) >= 11 is 0. The molecule has 1 N–H and O–H groups in total. The van der Waals surface area contributed by atoms with Crippen LogP contribution in [0.3, 0.4) is 0 Å². The summed E-state index contributed by atoms with van der Waals surface area (Å²) in [6.07, 6.45) is 3.28. The van der Waals surface area contributed by atoms with Crippen molar-refractivity contribution in [2.75, 3.05) is 12.4 Å². The fourth-order valence-corrected chi connectivity index (χ4v) is 2.75. The summed E-state index contributed by atoms with van der Waals surface area (Å²) in [6, 6.07) is 13.1. The Bertz CT molecular complexity index is 863. The number of pyridine rings is 1. The number of carbonyl (C=O) groups excluding carboxylic acids is 1. The van der Waals surface area contributed by atoms with E-state index in [2.05, 4.69) is 15.5 Å². The van der Waals surface area contributed by atoms with Gasteiger partial charge in [0, 0.05) is 30.6 Å². The molecule has 6 heteroatoms. The third kappa shape index (κ3) is 3.74. The highest BCUT2D eigenvalue weighted by molar-refractivity contribution is 5.97. The average molecular weight is 350 g/mol. The molecule has 0 saturated carbocycles. The van der Waals surface area contributed by atoms with E-state index in [-0.39, 0.29) is 11.9 Å². The van der Waals surface area contributed by atoms with Crippen LogP contribution in [0.5, 0.6) is 0 Å². The second-order valence-corrected chi connectivity index (χ2v) is 6.17. The number of hydrogen-bond donors (Lipinski definition) is 1. The monoisotopic (exact) mass is 350 g/mol. The first kappa shape index (κ1) is 17.7. The highest BCUT2D eigenvalue weighted by Crippen LogP contribution is 2.24. The van der Waals surface area contributed by atoms with Crippen molar-refractivity contribution >= 4 is 11.6 Å². The van der Waals surface area contributed by atoms with E-state index in [1.54, 1.807) is 24.2 Å². The summed E-state index contributed by atoms with van der Waals surface area (Å²) in [5, 5.41) is 7.29. The van der Waals surface area contributed by atoms with Crippen LogP contribution >= 0.6 is 0 Å². The number of anilines is 1. The smallest absolute Gasteiger partial charge is 0.254 e. The first-order valence-electron chi connectivity index (χ1n) is 8.48. The lowest BCUT2D eigenvalue weighted by molar-refractivity contribution is 0.0737. The molecule has 1 aromatic carbocycles. The van der Waals surface area contributed by atoms with Crippen molar-refractivity contribution in [2.45, 2.75) is 26.4 Å². The molecule has 2 aromatic heterocycles. The number of nitrogens with one attached hydrogen (secondary N) is 1. The molecule has 0 aliphatic heterocycles. The maximum absolute atomic E-state index is 13.0. The van der Waals surface area contributed by atoms with Crippen molar-refractivity contribution in [1.29, 1.82) is 0 Å². The summed E-state index contributed by atoms with van der Waals surface area (Å²) < 4.78 is 4.88. The second kappa shape index (κ2) is 7.82. The SMILES string of the molecule is Cc1c(NCc2ccccn2)cccc1C(=O)N(C)C(C)c1ccon1. The van der Waals surface area contributed by atoms with Gasteiger partial charge < -0.3 is 14.7 Å². The summed E-state index contributed by atoms with van der Waals surface area (Å²) in [7, 11) is 1.77. The zero-order valence-electron chi connectivity index (χ0n) is 15.1. The van der Waals surface area contributed by atoms with Crippen LogP contribution in [0.25, 0.3) is 0 Å². The van der Waals surface area contributed by atoms with Crippen LogP contribution in [0.15, 0.2) is 59.4 Å².